The summed E-state index contributed by atoms with van der Waals surface area (Å²) in [6.07, 6.45) is 1.29. The highest BCUT2D eigenvalue weighted by molar-refractivity contribution is 5.24. The SMILES string of the molecule is Cc1ccnc(NCC(O)C(C)(C)C)n1. The molecule has 0 radical (unpaired) electrons. The fraction of sp³-hybridized carbons (Fsp3) is 0.636. The lowest BCUT2D eigenvalue weighted by Gasteiger charge is -2.25. The maximum atomic E-state index is 9.80. The van der Waals surface area contributed by atoms with Crippen LogP contribution in [0, 0.1) is 12.3 Å². The lowest BCUT2D eigenvalue weighted by Crippen LogP contribution is -2.33. The normalized spacial score (nSPS) is 13.7. The number of nitrogens with one attached hydrogen (secondary N) is 1. The van der Waals surface area contributed by atoms with Crippen LogP contribution in [0.2, 0.25) is 0 Å². The maximum absolute atomic E-state index is 9.80. The standard InChI is InChI=1S/C11H19N3O/c1-8-5-6-12-10(14-8)13-7-9(15)11(2,3)4/h5-6,9,15H,7H2,1-4H3,(H,12,13,14). The summed E-state index contributed by atoms with van der Waals surface area (Å²) in [5.41, 5.74) is 0.786. The zero-order chi connectivity index (χ0) is 11.5. The van der Waals surface area contributed by atoms with Crippen LogP contribution in [0.5, 0.6) is 0 Å². The van der Waals surface area contributed by atoms with Gasteiger partial charge in [0.25, 0.3) is 0 Å². The molecule has 0 aliphatic rings. The van der Waals surface area contributed by atoms with Crippen LogP contribution in [0.25, 0.3) is 0 Å². The Balaban J connectivity index is 2.51. The van der Waals surface area contributed by atoms with Crippen molar-refractivity contribution in [3.8, 4) is 0 Å². The number of rotatable bonds is 3. The van der Waals surface area contributed by atoms with E-state index in [9.17, 15) is 5.11 Å². The molecule has 0 spiro atoms. The molecule has 0 fully saturated rings. The van der Waals surface area contributed by atoms with E-state index < -0.39 is 6.10 Å². The summed E-state index contributed by atoms with van der Waals surface area (Å²) in [4.78, 5) is 8.25. The van der Waals surface area contributed by atoms with Gasteiger partial charge in [0.1, 0.15) is 0 Å². The molecule has 0 amide bonds. The van der Waals surface area contributed by atoms with Gasteiger partial charge in [-0.1, -0.05) is 20.8 Å². The molecule has 4 heteroatoms. The minimum Gasteiger partial charge on any atom is -0.391 e. The van der Waals surface area contributed by atoms with Crippen LogP contribution in [0.4, 0.5) is 5.95 Å². The van der Waals surface area contributed by atoms with E-state index in [0.29, 0.717) is 12.5 Å². The van der Waals surface area contributed by atoms with Crippen LogP contribution in [-0.2, 0) is 0 Å². The second-order valence-corrected chi connectivity index (χ2v) is 4.78. The van der Waals surface area contributed by atoms with Gasteiger partial charge < -0.3 is 10.4 Å². The van der Waals surface area contributed by atoms with E-state index in [4.69, 9.17) is 0 Å². The molecule has 1 unspecified atom stereocenters. The number of hydrogen-bond acceptors (Lipinski definition) is 4. The van der Waals surface area contributed by atoms with Gasteiger partial charge in [-0.25, -0.2) is 9.97 Å². The van der Waals surface area contributed by atoms with Crippen LogP contribution >= 0.6 is 0 Å². The molecule has 0 saturated heterocycles. The largest absolute Gasteiger partial charge is 0.391 e. The predicted octanol–water partition coefficient (Wildman–Crippen LogP) is 1.60. The highest BCUT2D eigenvalue weighted by Crippen LogP contribution is 2.18. The van der Waals surface area contributed by atoms with Gasteiger partial charge in [0.2, 0.25) is 5.95 Å². The lowest BCUT2D eigenvalue weighted by molar-refractivity contribution is 0.0744. The van der Waals surface area contributed by atoms with Crippen molar-refractivity contribution < 1.29 is 5.11 Å². The quantitative estimate of drug-likeness (QED) is 0.794. The summed E-state index contributed by atoms with van der Waals surface area (Å²) in [6.45, 7) is 8.36. The first-order valence-corrected chi connectivity index (χ1v) is 5.11. The van der Waals surface area contributed by atoms with Gasteiger partial charge in [0, 0.05) is 18.4 Å². The van der Waals surface area contributed by atoms with Crippen molar-refractivity contribution in [1.82, 2.24) is 9.97 Å². The molecule has 1 aromatic heterocycles. The molecule has 1 rings (SSSR count). The zero-order valence-corrected chi connectivity index (χ0v) is 9.78. The summed E-state index contributed by atoms with van der Waals surface area (Å²) >= 11 is 0. The number of nitrogens with zero attached hydrogens (tertiary/aromatic N) is 2. The predicted molar refractivity (Wildman–Crippen MR) is 60.7 cm³/mol. The second kappa shape index (κ2) is 4.57. The molecule has 0 aliphatic carbocycles. The van der Waals surface area contributed by atoms with Gasteiger partial charge in [-0.15, -0.1) is 0 Å². The highest BCUT2D eigenvalue weighted by atomic mass is 16.3. The molecule has 0 aliphatic heterocycles. The lowest BCUT2D eigenvalue weighted by atomic mass is 9.89. The van der Waals surface area contributed by atoms with Crippen LogP contribution in [0.15, 0.2) is 12.3 Å². The fourth-order valence-electron chi connectivity index (χ4n) is 1.03. The first-order chi connectivity index (χ1) is 6.89. The minimum atomic E-state index is -0.415. The summed E-state index contributed by atoms with van der Waals surface area (Å²) < 4.78 is 0. The van der Waals surface area contributed by atoms with Crippen molar-refractivity contribution in [3.63, 3.8) is 0 Å². The summed E-state index contributed by atoms with van der Waals surface area (Å²) in [7, 11) is 0. The molecule has 0 saturated carbocycles. The smallest absolute Gasteiger partial charge is 0.222 e. The van der Waals surface area contributed by atoms with Crippen molar-refractivity contribution in [2.45, 2.75) is 33.8 Å². The molecule has 0 aromatic carbocycles. The Hall–Kier alpha value is -1.16. The van der Waals surface area contributed by atoms with Gasteiger partial charge in [0.15, 0.2) is 0 Å². The van der Waals surface area contributed by atoms with Gasteiger partial charge in [-0.05, 0) is 18.4 Å². The third-order valence-electron chi connectivity index (χ3n) is 2.25. The summed E-state index contributed by atoms with van der Waals surface area (Å²) in [5, 5.41) is 12.8. The molecule has 84 valence electrons. The van der Waals surface area contributed by atoms with Crippen LogP contribution in [0.1, 0.15) is 26.5 Å². The first-order valence-electron chi connectivity index (χ1n) is 5.11. The minimum absolute atomic E-state index is 0.128. The monoisotopic (exact) mass is 209 g/mol. The van der Waals surface area contributed by atoms with E-state index in [-0.39, 0.29) is 5.41 Å². The van der Waals surface area contributed by atoms with Crippen LogP contribution < -0.4 is 5.32 Å². The van der Waals surface area contributed by atoms with Crippen molar-refractivity contribution in [1.29, 1.82) is 0 Å². The van der Waals surface area contributed by atoms with Crippen molar-refractivity contribution in [2.24, 2.45) is 5.41 Å². The molecule has 1 aromatic rings. The van der Waals surface area contributed by atoms with E-state index in [1.54, 1.807) is 6.20 Å². The topological polar surface area (TPSA) is 58.0 Å². The number of anilines is 1. The van der Waals surface area contributed by atoms with Gasteiger partial charge in [0.05, 0.1) is 6.10 Å². The van der Waals surface area contributed by atoms with E-state index in [2.05, 4.69) is 15.3 Å². The third kappa shape index (κ3) is 3.83. The Morgan fingerprint density at radius 2 is 2.13 bits per heavy atom. The summed E-state index contributed by atoms with van der Waals surface area (Å²) in [6, 6.07) is 1.84. The average molecular weight is 209 g/mol. The number of aliphatic hydroxyl groups is 1. The van der Waals surface area contributed by atoms with E-state index >= 15 is 0 Å². The Morgan fingerprint density at radius 3 is 2.67 bits per heavy atom. The molecule has 1 atom stereocenters. The molecule has 1 heterocycles. The Morgan fingerprint density at radius 1 is 1.47 bits per heavy atom. The van der Waals surface area contributed by atoms with Crippen LogP contribution in [-0.4, -0.2) is 27.7 Å². The van der Waals surface area contributed by atoms with E-state index in [1.165, 1.54) is 0 Å². The Labute approximate surface area is 90.8 Å². The Kier molecular flexibility index (Phi) is 3.63. The fourth-order valence-corrected chi connectivity index (χ4v) is 1.03. The highest BCUT2D eigenvalue weighted by Gasteiger charge is 2.21. The van der Waals surface area contributed by atoms with E-state index in [0.717, 1.165) is 5.69 Å². The Bertz CT molecular complexity index is 320. The molecule has 4 nitrogen and oxygen atoms in total. The second-order valence-electron chi connectivity index (χ2n) is 4.78. The number of aromatic nitrogens is 2. The van der Waals surface area contributed by atoms with Crippen LogP contribution in [0.3, 0.4) is 0 Å². The molecular weight excluding hydrogens is 190 g/mol. The first kappa shape index (κ1) is 11.9. The third-order valence-corrected chi connectivity index (χ3v) is 2.25. The molecular formula is C11H19N3O. The van der Waals surface area contributed by atoms with Crippen molar-refractivity contribution in [2.75, 3.05) is 11.9 Å². The summed E-state index contributed by atoms with van der Waals surface area (Å²) in [5.74, 6) is 0.568. The number of aryl methyl sites for hydroxylation is 1. The maximum Gasteiger partial charge on any atom is 0.222 e. The zero-order valence-electron chi connectivity index (χ0n) is 9.78. The number of hydrogen-bond donors (Lipinski definition) is 2. The molecule has 0 bridgehead atoms. The van der Waals surface area contributed by atoms with Gasteiger partial charge in [-0.2, -0.15) is 0 Å². The average Bonchev–Trinajstić information content (AvgIpc) is 2.12. The molecule has 2 N–H and O–H groups in total. The van der Waals surface area contributed by atoms with Gasteiger partial charge in [-0.3, -0.25) is 0 Å². The number of aliphatic hydroxyl groups excluding tert-OH is 1. The van der Waals surface area contributed by atoms with Crippen molar-refractivity contribution >= 4 is 5.95 Å². The van der Waals surface area contributed by atoms with Gasteiger partial charge >= 0.3 is 0 Å². The molecule has 15 heavy (non-hydrogen) atoms. The van der Waals surface area contributed by atoms with E-state index in [1.807, 2.05) is 33.8 Å². The van der Waals surface area contributed by atoms with Crippen molar-refractivity contribution in [3.05, 3.63) is 18.0 Å².